The average Bonchev–Trinajstić information content (AvgIpc) is 2.59. The second-order valence-corrected chi connectivity index (χ2v) is 7.02. The lowest BCUT2D eigenvalue weighted by molar-refractivity contribution is 0.0696. The van der Waals surface area contributed by atoms with Crippen LogP contribution in [0.15, 0.2) is 41.8 Å². The van der Waals surface area contributed by atoms with Crippen LogP contribution in [-0.4, -0.2) is 67.6 Å². The first-order valence-electron chi connectivity index (χ1n) is 7.22. The second kappa shape index (κ2) is 7.45. The van der Waals surface area contributed by atoms with E-state index in [9.17, 15) is 18.0 Å². The highest BCUT2D eigenvalue weighted by atomic mass is 32.2. The Bertz CT molecular complexity index is 721. The lowest BCUT2D eigenvalue weighted by atomic mass is 10.2. The van der Waals surface area contributed by atoms with Gasteiger partial charge in [-0.25, -0.2) is 18.0 Å². The minimum atomic E-state index is -3.73. The van der Waals surface area contributed by atoms with E-state index in [2.05, 4.69) is 6.58 Å². The van der Waals surface area contributed by atoms with E-state index in [1.807, 2.05) is 0 Å². The van der Waals surface area contributed by atoms with Crippen LogP contribution in [0.2, 0.25) is 0 Å². The largest absolute Gasteiger partial charge is 0.478 e. The summed E-state index contributed by atoms with van der Waals surface area (Å²) in [6, 6.07) is 5.03. The Hall–Kier alpha value is -2.39. The van der Waals surface area contributed by atoms with Crippen LogP contribution in [0.5, 0.6) is 0 Å². The summed E-state index contributed by atoms with van der Waals surface area (Å²) in [6.45, 7) is 4.30. The van der Waals surface area contributed by atoms with Crippen LogP contribution in [0.1, 0.15) is 10.4 Å². The molecule has 1 fully saturated rings. The number of benzene rings is 1. The Labute approximate surface area is 140 Å². The van der Waals surface area contributed by atoms with Gasteiger partial charge < -0.3 is 14.7 Å². The van der Waals surface area contributed by atoms with Crippen molar-refractivity contribution in [2.45, 2.75) is 4.90 Å². The quantitative estimate of drug-likeness (QED) is 0.792. The third-order valence-electron chi connectivity index (χ3n) is 3.56. The molecule has 1 aromatic carbocycles. The van der Waals surface area contributed by atoms with E-state index in [1.54, 1.807) is 0 Å². The molecule has 2 rings (SSSR count). The maximum Gasteiger partial charge on any atom is 0.410 e. The summed E-state index contributed by atoms with van der Waals surface area (Å²) in [6.07, 6.45) is 0.956. The van der Waals surface area contributed by atoms with Crippen molar-refractivity contribution in [1.82, 2.24) is 9.21 Å². The SMILES string of the molecule is C=CCOC(=O)N1CCN(S(=O)(=O)c2ccc(C(=O)O)cc2)CC1. The van der Waals surface area contributed by atoms with Crippen LogP contribution in [0.25, 0.3) is 0 Å². The molecule has 0 atom stereocenters. The molecular formula is C15H18N2O6S. The summed E-state index contributed by atoms with van der Waals surface area (Å²) in [5.74, 6) is -1.12. The number of amides is 1. The number of sulfonamides is 1. The Balaban J connectivity index is 2.03. The van der Waals surface area contributed by atoms with Gasteiger partial charge in [0.15, 0.2) is 0 Å². The number of rotatable bonds is 5. The summed E-state index contributed by atoms with van der Waals surface area (Å²) in [5.41, 5.74) is 0.0173. The van der Waals surface area contributed by atoms with E-state index >= 15 is 0 Å². The van der Waals surface area contributed by atoms with Crippen LogP contribution < -0.4 is 0 Å². The van der Waals surface area contributed by atoms with Crippen LogP contribution in [-0.2, 0) is 14.8 Å². The molecule has 0 aliphatic carbocycles. The number of aromatic carboxylic acids is 1. The highest BCUT2D eigenvalue weighted by Crippen LogP contribution is 2.18. The fourth-order valence-electron chi connectivity index (χ4n) is 2.25. The van der Waals surface area contributed by atoms with Gasteiger partial charge in [-0.05, 0) is 24.3 Å². The third kappa shape index (κ3) is 3.92. The zero-order valence-electron chi connectivity index (χ0n) is 12.9. The van der Waals surface area contributed by atoms with E-state index in [0.29, 0.717) is 0 Å². The number of nitrogens with zero attached hydrogens (tertiary/aromatic N) is 2. The Morgan fingerprint density at radius 2 is 1.75 bits per heavy atom. The van der Waals surface area contributed by atoms with Crippen molar-refractivity contribution >= 4 is 22.1 Å². The molecule has 1 aliphatic rings. The molecule has 9 heteroatoms. The number of carbonyl (C=O) groups excluding carboxylic acids is 1. The number of carboxylic acid groups (broad SMARTS) is 1. The smallest absolute Gasteiger partial charge is 0.410 e. The molecule has 24 heavy (non-hydrogen) atoms. The van der Waals surface area contributed by atoms with Crippen molar-refractivity contribution in [2.24, 2.45) is 0 Å². The molecule has 0 saturated carbocycles. The summed E-state index contributed by atoms with van der Waals surface area (Å²) in [4.78, 5) is 24.0. The van der Waals surface area contributed by atoms with Crippen molar-refractivity contribution in [3.8, 4) is 0 Å². The van der Waals surface area contributed by atoms with E-state index in [0.717, 1.165) is 0 Å². The minimum absolute atomic E-state index is 0.0173. The first-order valence-corrected chi connectivity index (χ1v) is 8.66. The average molecular weight is 354 g/mol. The summed E-state index contributed by atoms with van der Waals surface area (Å²) in [5, 5.41) is 8.85. The van der Waals surface area contributed by atoms with Gasteiger partial charge in [0.2, 0.25) is 10.0 Å². The molecule has 1 amide bonds. The molecule has 1 aromatic rings. The number of hydrogen-bond donors (Lipinski definition) is 1. The molecule has 0 unspecified atom stereocenters. The third-order valence-corrected chi connectivity index (χ3v) is 5.47. The van der Waals surface area contributed by atoms with Crippen LogP contribution >= 0.6 is 0 Å². The summed E-state index contributed by atoms with van der Waals surface area (Å²) < 4.78 is 31.3. The zero-order chi connectivity index (χ0) is 17.7. The summed E-state index contributed by atoms with van der Waals surface area (Å²) >= 11 is 0. The highest BCUT2D eigenvalue weighted by molar-refractivity contribution is 7.89. The molecule has 8 nitrogen and oxygen atoms in total. The molecule has 0 radical (unpaired) electrons. The molecular weight excluding hydrogens is 336 g/mol. The normalized spacial score (nSPS) is 15.8. The highest BCUT2D eigenvalue weighted by Gasteiger charge is 2.30. The first-order chi connectivity index (χ1) is 11.4. The van der Waals surface area contributed by atoms with E-state index in [1.165, 1.54) is 39.5 Å². The van der Waals surface area contributed by atoms with Crippen molar-refractivity contribution in [2.75, 3.05) is 32.8 Å². The number of hydrogen-bond acceptors (Lipinski definition) is 5. The van der Waals surface area contributed by atoms with Gasteiger partial charge in [0.05, 0.1) is 10.5 Å². The number of carbonyl (C=O) groups is 2. The standard InChI is InChI=1S/C15H18N2O6S/c1-2-11-23-15(20)16-7-9-17(10-8-16)24(21,22)13-5-3-12(4-6-13)14(18)19/h2-6H,1,7-11H2,(H,18,19). The maximum absolute atomic E-state index is 12.5. The van der Waals surface area contributed by atoms with Gasteiger partial charge in [0, 0.05) is 26.2 Å². The van der Waals surface area contributed by atoms with Gasteiger partial charge >= 0.3 is 12.1 Å². The van der Waals surface area contributed by atoms with Crippen LogP contribution in [0.4, 0.5) is 4.79 Å². The van der Waals surface area contributed by atoms with Gasteiger partial charge in [0.25, 0.3) is 0 Å². The molecule has 1 heterocycles. The first kappa shape index (κ1) is 18.0. The molecule has 1 N–H and O–H groups in total. The fraction of sp³-hybridized carbons (Fsp3) is 0.333. The monoisotopic (exact) mass is 354 g/mol. The maximum atomic E-state index is 12.5. The number of ether oxygens (including phenoxy) is 1. The van der Waals surface area contributed by atoms with Gasteiger partial charge in [-0.15, -0.1) is 0 Å². The summed E-state index contributed by atoms with van der Waals surface area (Å²) in [7, 11) is -3.73. The fourth-order valence-corrected chi connectivity index (χ4v) is 3.67. The van der Waals surface area contributed by atoms with Crippen molar-refractivity contribution < 1.29 is 27.9 Å². The minimum Gasteiger partial charge on any atom is -0.478 e. The van der Waals surface area contributed by atoms with Gasteiger partial charge in [-0.3, -0.25) is 0 Å². The van der Waals surface area contributed by atoms with E-state index in [-0.39, 0.29) is 43.2 Å². The zero-order valence-corrected chi connectivity index (χ0v) is 13.7. The number of carboxylic acids is 1. The topological polar surface area (TPSA) is 104 Å². The number of piperazine rings is 1. The Kier molecular flexibility index (Phi) is 5.58. The molecule has 0 spiro atoms. The predicted octanol–water partition coefficient (Wildman–Crippen LogP) is 1.01. The van der Waals surface area contributed by atoms with Crippen molar-refractivity contribution in [3.63, 3.8) is 0 Å². The Morgan fingerprint density at radius 3 is 2.25 bits per heavy atom. The van der Waals surface area contributed by atoms with Gasteiger partial charge in [0.1, 0.15) is 6.61 Å². The van der Waals surface area contributed by atoms with Crippen LogP contribution in [0.3, 0.4) is 0 Å². The molecule has 0 aromatic heterocycles. The van der Waals surface area contributed by atoms with Gasteiger partial charge in [-0.1, -0.05) is 12.7 Å². The van der Waals surface area contributed by atoms with Crippen LogP contribution in [0, 0.1) is 0 Å². The molecule has 0 bridgehead atoms. The van der Waals surface area contributed by atoms with E-state index < -0.39 is 22.1 Å². The van der Waals surface area contributed by atoms with Crippen molar-refractivity contribution in [3.05, 3.63) is 42.5 Å². The molecule has 1 aliphatic heterocycles. The van der Waals surface area contributed by atoms with E-state index in [4.69, 9.17) is 9.84 Å². The second-order valence-electron chi connectivity index (χ2n) is 5.09. The molecule has 1 saturated heterocycles. The molecule has 130 valence electrons. The Morgan fingerprint density at radius 1 is 1.17 bits per heavy atom. The van der Waals surface area contributed by atoms with Crippen molar-refractivity contribution in [1.29, 1.82) is 0 Å². The van der Waals surface area contributed by atoms with Gasteiger partial charge in [-0.2, -0.15) is 4.31 Å². The lowest BCUT2D eigenvalue weighted by Gasteiger charge is -2.33. The predicted molar refractivity (Wildman–Crippen MR) is 85.3 cm³/mol. The lowest BCUT2D eigenvalue weighted by Crippen LogP contribution is -2.50.